The highest BCUT2D eigenvalue weighted by Crippen LogP contribution is 2.03. The summed E-state index contributed by atoms with van der Waals surface area (Å²) in [7, 11) is 0. The summed E-state index contributed by atoms with van der Waals surface area (Å²) in [5.74, 6) is 1.81. The number of allylic oxidation sites excluding steroid dienone is 3. The second kappa shape index (κ2) is 20.3. The first-order valence-corrected chi connectivity index (χ1v) is 7.99. The van der Waals surface area contributed by atoms with Crippen LogP contribution in [0.25, 0.3) is 0 Å². The third-order valence-corrected chi connectivity index (χ3v) is 2.28. The van der Waals surface area contributed by atoms with Crippen LogP contribution < -0.4 is 5.32 Å². The first kappa shape index (κ1) is 18.3. The summed E-state index contributed by atoms with van der Waals surface area (Å²) in [6.07, 6.45) is 16.7. The van der Waals surface area contributed by atoms with Gasteiger partial charge in [-0.2, -0.15) is 0 Å². The summed E-state index contributed by atoms with van der Waals surface area (Å²) in [6, 6.07) is 0. The van der Waals surface area contributed by atoms with Gasteiger partial charge in [-0.15, -0.1) is 0 Å². The van der Waals surface area contributed by atoms with Crippen molar-refractivity contribution in [2.45, 2.75) is 52.4 Å². The van der Waals surface area contributed by atoms with E-state index in [0.29, 0.717) is 0 Å². The van der Waals surface area contributed by atoms with E-state index in [1.807, 2.05) is 12.8 Å². The molecule has 96 valence electrons. The lowest BCUT2D eigenvalue weighted by Gasteiger charge is -1.97. The number of quaternary nitrogens is 1. The van der Waals surface area contributed by atoms with Crippen LogP contribution in [-0.2, 0) is 0 Å². The Balaban J connectivity index is 0. The van der Waals surface area contributed by atoms with Crippen LogP contribution in [0.4, 0.5) is 0 Å². The number of unbranched alkanes of at least 4 members (excludes halogenated alkanes) is 5. The van der Waals surface area contributed by atoms with Crippen molar-refractivity contribution in [3.05, 3.63) is 24.4 Å². The van der Waals surface area contributed by atoms with Gasteiger partial charge in [-0.3, -0.25) is 0 Å². The van der Waals surface area contributed by atoms with E-state index < -0.39 is 0 Å². The molecule has 1 nitrogen and oxygen atoms in total. The SMILES string of the molecule is C/C=C\C=C/[NH2+]CCCCCCCC.CBr. The molecule has 0 saturated carbocycles. The van der Waals surface area contributed by atoms with Crippen LogP contribution in [0.3, 0.4) is 0 Å². The molecule has 0 saturated heterocycles. The zero-order chi connectivity index (χ0) is 12.5. The molecule has 0 atom stereocenters. The molecule has 0 aromatic carbocycles. The van der Waals surface area contributed by atoms with E-state index in [4.69, 9.17) is 0 Å². The summed E-state index contributed by atoms with van der Waals surface area (Å²) < 4.78 is 0. The first-order chi connectivity index (χ1) is 7.91. The van der Waals surface area contributed by atoms with Crippen molar-refractivity contribution in [1.29, 1.82) is 0 Å². The van der Waals surface area contributed by atoms with Crippen molar-refractivity contribution in [1.82, 2.24) is 0 Å². The lowest BCUT2D eigenvalue weighted by atomic mass is 10.1. The van der Waals surface area contributed by atoms with E-state index in [2.05, 4.69) is 52.6 Å². The summed E-state index contributed by atoms with van der Waals surface area (Å²) in [5.41, 5.74) is 0. The number of hydrogen-bond acceptors (Lipinski definition) is 0. The maximum Gasteiger partial charge on any atom is 0.0925 e. The smallest absolute Gasteiger partial charge is 0.0925 e. The Hall–Kier alpha value is -0.0800. The molecule has 0 aliphatic heterocycles. The van der Waals surface area contributed by atoms with Gasteiger partial charge in [0, 0.05) is 0 Å². The zero-order valence-corrected chi connectivity index (χ0v) is 12.8. The molecule has 0 aliphatic carbocycles. The minimum atomic E-state index is 1.24. The molecule has 0 radical (unpaired) electrons. The Labute approximate surface area is 111 Å². The summed E-state index contributed by atoms with van der Waals surface area (Å²) in [4.78, 5) is 0. The van der Waals surface area contributed by atoms with Crippen molar-refractivity contribution in [3.8, 4) is 0 Å². The Kier molecular flexibility index (Phi) is 23.3. The summed E-state index contributed by atoms with van der Waals surface area (Å²) in [5, 5.41) is 2.26. The fourth-order valence-corrected chi connectivity index (χ4v) is 1.39. The average molecular weight is 291 g/mol. The molecule has 0 bridgehead atoms. The van der Waals surface area contributed by atoms with Gasteiger partial charge < -0.3 is 5.32 Å². The van der Waals surface area contributed by atoms with E-state index >= 15 is 0 Å². The largest absolute Gasteiger partial charge is 0.320 e. The standard InChI is InChI=1S/C13H25N.CH3Br/c1-3-5-7-8-9-11-13-14-12-10-6-4-2;1-2/h4,6,10,12,14H,3,5,7-9,11,13H2,1-2H3;1H3/p+1/b6-4-,12-10-;. The van der Waals surface area contributed by atoms with E-state index in [1.54, 1.807) is 0 Å². The molecule has 0 spiro atoms. The molecule has 0 heterocycles. The normalized spacial score (nSPS) is 10.8. The maximum atomic E-state index is 2.94. The van der Waals surface area contributed by atoms with E-state index in [-0.39, 0.29) is 0 Å². The third-order valence-electron chi connectivity index (χ3n) is 2.28. The van der Waals surface area contributed by atoms with Crippen LogP contribution in [-0.4, -0.2) is 12.4 Å². The maximum absolute atomic E-state index is 2.94. The summed E-state index contributed by atoms with van der Waals surface area (Å²) in [6.45, 7) is 5.54. The van der Waals surface area contributed by atoms with Gasteiger partial charge in [0.15, 0.2) is 0 Å². The molecular weight excluding hydrogens is 262 g/mol. The fourth-order valence-electron chi connectivity index (χ4n) is 1.39. The highest BCUT2D eigenvalue weighted by Gasteiger charge is 1.89. The number of halogens is 1. The zero-order valence-electron chi connectivity index (χ0n) is 11.2. The molecular formula is C14H29BrN+. The molecule has 16 heavy (non-hydrogen) atoms. The Morgan fingerprint density at radius 3 is 2.19 bits per heavy atom. The minimum absolute atomic E-state index is 1.24. The quantitative estimate of drug-likeness (QED) is 0.375. The minimum Gasteiger partial charge on any atom is -0.320 e. The third kappa shape index (κ3) is 19.5. The van der Waals surface area contributed by atoms with Crippen molar-refractivity contribution in [2.75, 3.05) is 12.4 Å². The van der Waals surface area contributed by atoms with Crippen molar-refractivity contribution in [3.63, 3.8) is 0 Å². The second-order valence-corrected chi connectivity index (χ2v) is 3.70. The predicted octanol–water partition coefficient (Wildman–Crippen LogP) is 4.01. The molecule has 0 unspecified atom stereocenters. The molecule has 0 amide bonds. The lowest BCUT2D eigenvalue weighted by molar-refractivity contribution is -0.588. The van der Waals surface area contributed by atoms with Crippen LogP contribution in [0.5, 0.6) is 0 Å². The number of nitrogens with two attached hydrogens (primary N) is 1. The van der Waals surface area contributed by atoms with E-state index in [9.17, 15) is 0 Å². The van der Waals surface area contributed by atoms with Gasteiger partial charge in [0.25, 0.3) is 0 Å². The average Bonchev–Trinajstić information content (AvgIpc) is 2.34. The monoisotopic (exact) mass is 290 g/mol. The topological polar surface area (TPSA) is 16.6 Å². The van der Waals surface area contributed by atoms with E-state index in [0.717, 1.165) is 0 Å². The van der Waals surface area contributed by atoms with E-state index in [1.165, 1.54) is 45.1 Å². The Morgan fingerprint density at radius 2 is 1.56 bits per heavy atom. The Bertz CT molecular complexity index is 153. The van der Waals surface area contributed by atoms with Gasteiger partial charge in [-0.25, -0.2) is 0 Å². The van der Waals surface area contributed by atoms with Crippen molar-refractivity contribution >= 4 is 15.9 Å². The van der Waals surface area contributed by atoms with Gasteiger partial charge in [0.2, 0.25) is 0 Å². The number of hydrogen-bond donors (Lipinski definition) is 1. The first-order valence-electron chi connectivity index (χ1n) is 6.40. The van der Waals surface area contributed by atoms with Crippen LogP contribution in [0.2, 0.25) is 0 Å². The van der Waals surface area contributed by atoms with Gasteiger partial charge in [0.1, 0.15) is 0 Å². The van der Waals surface area contributed by atoms with Gasteiger partial charge in [-0.1, -0.05) is 60.7 Å². The highest BCUT2D eigenvalue weighted by molar-refractivity contribution is 9.08. The Morgan fingerprint density at radius 1 is 0.938 bits per heavy atom. The second-order valence-electron chi connectivity index (χ2n) is 3.70. The van der Waals surface area contributed by atoms with Crippen LogP contribution in [0, 0.1) is 0 Å². The van der Waals surface area contributed by atoms with Crippen LogP contribution >= 0.6 is 15.9 Å². The van der Waals surface area contributed by atoms with Gasteiger partial charge in [-0.05, 0) is 31.7 Å². The highest BCUT2D eigenvalue weighted by atomic mass is 79.9. The fraction of sp³-hybridized carbons (Fsp3) is 0.714. The molecule has 2 N–H and O–H groups in total. The molecule has 2 heteroatoms. The number of rotatable bonds is 9. The number of alkyl halides is 1. The molecule has 0 rings (SSSR count). The molecule has 0 aliphatic rings. The van der Waals surface area contributed by atoms with Crippen LogP contribution in [0.1, 0.15) is 52.4 Å². The summed E-state index contributed by atoms with van der Waals surface area (Å²) >= 11 is 2.94. The molecule has 0 aromatic heterocycles. The van der Waals surface area contributed by atoms with Crippen molar-refractivity contribution < 1.29 is 5.32 Å². The van der Waals surface area contributed by atoms with Crippen molar-refractivity contribution in [2.24, 2.45) is 0 Å². The van der Waals surface area contributed by atoms with Gasteiger partial charge >= 0.3 is 0 Å². The van der Waals surface area contributed by atoms with Gasteiger partial charge in [0.05, 0.1) is 12.7 Å². The molecule has 0 aromatic rings. The van der Waals surface area contributed by atoms with Crippen LogP contribution in [0.15, 0.2) is 24.4 Å². The lowest BCUT2D eigenvalue weighted by Crippen LogP contribution is -2.77. The molecule has 0 fully saturated rings. The predicted molar refractivity (Wildman–Crippen MR) is 79.0 cm³/mol.